The standard InChI is InChI=1S/C20H16BrFN2O3/c1-2-9-27-18-8-5-14(10-16(18)21)11-17-19(25)24(20(26)23-17)12-13-3-6-15(22)7-4-13/h2-8,10-11H,1,9,12H2,(H,23,26)/b17-11+. The van der Waals surface area contributed by atoms with Crippen molar-refractivity contribution in [3.05, 3.63) is 82.2 Å². The molecule has 27 heavy (non-hydrogen) atoms. The molecule has 7 heteroatoms. The molecular weight excluding hydrogens is 415 g/mol. The summed E-state index contributed by atoms with van der Waals surface area (Å²) in [6.45, 7) is 4.05. The van der Waals surface area contributed by atoms with Crippen LogP contribution in [0.25, 0.3) is 6.08 Å². The van der Waals surface area contributed by atoms with E-state index in [4.69, 9.17) is 4.74 Å². The molecule has 1 aliphatic rings. The SMILES string of the molecule is C=CCOc1ccc(/C=C2/NC(=O)N(Cc3ccc(F)cc3)C2=O)cc1Br. The lowest BCUT2D eigenvalue weighted by Gasteiger charge is -2.11. The van der Waals surface area contributed by atoms with Gasteiger partial charge in [0.1, 0.15) is 23.9 Å². The molecule has 2 aromatic carbocycles. The molecule has 1 saturated heterocycles. The van der Waals surface area contributed by atoms with Crippen LogP contribution in [0.4, 0.5) is 9.18 Å². The molecule has 0 aromatic heterocycles. The van der Waals surface area contributed by atoms with Gasteiger partial charge in [-0.05, 0) is 57.4 Å². The highest BCUT2D eigenvalue weighted by Crippen LogP contribution is 2.27. The van der Waals surface area contributed by atoms with Crippen molar-refractivity contribution in [3.63, 3.8) is 0 Å². The average molecular weight is 431 g/mol. The van der Waals surface area contributed by atoms with Crippen LogP contribution < -0.4 is 10.1 Å². The van der Waals surface area contributed by atoms with Gasteiger partial charge in [-0.25, -0.2) is 9.18 Å². The maximum absolute atomic E-state index is 13.0. The van der Waals surface area contributed by atoms with Gasteiger partial charge in [0.2, 0.25) is 0 Å². The summed E-state index contributed by atoms with van der Waals surface area (Å²) < 4.78 is 19.2. The van der Waals surface area contributed by atoms with Crippen LogP contribution in [0.2, 0.25) is 0 Å². The first-order chi connectivity index (χ1) is 13.0. The van der Waals surface area contributed by atoms with Crippen molar-refractivity contribution in [2.24, 2.45) is 0 Å². The highest BCUT2D eigenvalue weighted by atomic mass is 79.9. The molecule has 0 aliphatic carbocycles. The maximum Gasteiger partial charge on any atom is 0.329 e. The Morgan fingerprint density at radius 3 is 2.59 bits per heavy atom. The first-order valence-corrected chi connectivity index (χ1v) is 8.89. The molecule has 0 atom stereocenters. The number of urea groups is 1. The Hall–Kier alpha value is -2.93. The zero-order chi connectivity index (χ0) is 19.4. The van der Waals surface area contributed by atoms with Gasteiger partial charge >= 0.3 is 6.03 Å². The molecule has 1 aliphatic heterocycles. The van der Waals surface area contributed by atoms with Gasteiger partial charge in [0.15, 0.2) is 0 Å². The van der Waals surface area contributed by atoms with Gasteiger partial charge in [-0.3, -0.25) is 9.69 Å². The average Bonchev–Trinajstić information content (AvgIpc) is 2.90. The fourth-order valence-corrected chi connectivity index (χ4v) is 3.04. The van der Waals surface area contributed by atoms with Crippen molar-refractivity contribution in [3.8, 4) is 5.75 Å². The summed E-state index contributed by atoms with van der Waals surface area (Å²) in [4.78, 5) is 25.8. The molecule has 0 radical (unpaired) electrons. The van der Waals surface area contributed by atoms with Gasteiger partial charge in [-0.2, -0.15) is 0 Å². The monoisotopic (exact) mass is 430 g/mol. The van der Waals surface area contributed by atoms with Crippen molar-refractivity contribution in [1.29, 1.82) is 0 Å². The molecule has 1 heterocycles. The molecule has 138 valence electrons. The third-order valence-electron chi connectivity index (χ3n) is 3.84. The summed E-state index contributed by atoms with van der Waals surface area (Å²) in [6.07, 6.45) is 3.23. The molecule has 3 rings (SSSR count). The lowest BCUT2D eigenvalue weighted by molar-refractivity contribution is -0.123. The minimum Gasteiger partial charge on any atom is -0.488 e. The molecule has 2 aromatic rings. The number of hydrogen-bond donors (Lipinski definition) is 1. The molecule has 5 nitrogen and oxygen atoms in total. The number of carbonyl (C=O) groups is 2. The van der Waals surface area contributed by atoms with Gasteiger partial charge in [-0.15, -0.1) is 0 Å². The number of nitrogens with one attached hydrogen (secondary N) is 1. The van der Waals surface area contributed by atoms with Gasteiger partial charge < -0.3 is 10.1 Å². The predicted octanol–water partition coefficient (Wildman–Crippen LogP) is 4.25. The quantitative estimate of drug-likeness (QED) is 0.423. The Balaban J connectivity index is 1.76. The number of hydrogen-bond acceptors (Lipinski definition) is 3. The van der Waals surface area contributed by atoms with E-state index in [1.165, 1.54) is 24.3 Å². The Morgan fingerprint density at radius 1 is 1.19 bits per heavy atom. The summed E-state index contributed by atoms with van der Waals surface area (Å²) in [5.41, 5.74) is 1.56. The van der Waals surface area contributed by atoms with E-state index in [9.17, 15) is 14.0 Å². The first-order valence-electron chi connectivity index (χ1n) is 8.10. The second kappa shape index (κ2) is 8.18. The molecule has 0 saturated carbocycles. The number of carbonyl (C=O) groups excluding carboxylic acids is 2. The Labute approximate surface area is 164 Å². The van der Waals surface area contributed by atoms with E-state index in [2.05, 4.69) is 27.8 Å². The largest absolute Gasteiger partial charge is 0.488 e. The van der Waals surface area contributed by atoms with Gasteiger partial charge in [0, 0.05) is 0 Å². The molecule has 1 fully saturated rings. The molecular formula is C20H16BrFN2O3. The fourth-order valence-electron chi connectivity index (χ4n) is 2.53. The Bertz CT molecular complexity index is 925. The van der Waals surface area contributed by atoms with E-state index < -0.39 is 11.9 Å². The van der Waals surface area contributed by atoms with Crippen LogP contribution in [0.15, 0.2) is 65.3 Å². The van der Waals surface area contributed by atoms with Crippen LogP contribution in [0.1, 0.15) is 11.1 Å². The number of benzene rings is 2. The number of imide groups is 1. The van der Waals surface area contributed by atoms with Gasteiger partial charge in [0.25, 0.3) is 5.91 Å². The van der Waals surface area contributed by atoms with E-state index in [1.807, 2.05) is 0 Å². The summed E-state index contributed by atoms with van der Waals surface area (Å²) in [5.74, 6) is -0.160. The van der Waals surface area contributed by atoms with Crippen molar-refractivity contribution in [2.75, 3.05) is 6.61 Å². The zero-order valence-corrected chi connectivity index (χ0v) is 15.8. The van der Waals surface area contributed by atoms with Crippen LogP contribution >= 0.6 is 15.9 Å². The molecule has 0 bridgehead atoms. The maximum atomic E-state index is 13.0. The first kappa shape index (κ1) is 18.8. The van der Waals surface area contributed by atoms with E-state index in [-0.39, 0.29) is 18.1 Å². The normalized spacial score (nSPS) is 15.2. The topological polar surface area (TPSA) is 58.6 Å². The van der Waals surface area contributed by atoms with Crippen molar-refractivity contribution < 1.29 is 18.7 Å². The van der Waals surface area contributed by atoms with E-state index >= 15 is 0 Å². The van der Waals surface area contributed by atoms with Crippen LogP contribution in [0.3, 0.4) is 0 Å². The lowest BCUT2D eigenvalue weighted by Crippen LogP contribution is -2.30. The summed E-state index contributed by atoms with van der Waals surface area (Å²) >= 11 is 3.41. The Kier molecular flexibility index (Phi) is 5.71. The van der Waals surface area contributed by atoms with E-state index in [0.717, 1.165) is 14.9 Å². The van der Waals surface area contributed by atoms with Gasteiger partial charge in [-0.1, -0.05) is 30.9 Å². The summed E-state index contributed by atoms with van der Waals surface area (Å²) in [5, 5.41) is 2.57. The van der Waals surface area contributed by atoms with Crippen LogP contribution in [-0.4, -0.2) is 23.4 Å². The highest BCUT2D eigenvalue weighted by molar-refractivity contribution is 9.10. The van der Waals surface area contributed by atoms with E-state index in [0.29, 0.717) is 17.9 Å². The number of halogens is 2. The third kappa shape index (κ3) is 4.43. The molecule has 0 unspecified atom stereocenters. The second-order valence-electron chi connectivity index (χ2n) is 5.80. The zero-order valence-electron chi connectivity index (χ0n) is 14.2. The van der Waals surface area contributed by atoms with Crippen molar-refractivity contribution in [1.82, 2.24) is 10.2 Å². The number of nitrogens with zero attached hydrogens (tertiary/aromatic N) is 1. The predicted molar refractivity (Wildman–Crippen MR) is 103 cm³/mol. The van der Waals surface area contributed by atoms with Crippen LogP contribution in [-0.2, 0) is 11.3 Å². The molecule has 1 N–H and O–H groups in total. The van der Waals surface area contributed by atoms with Crippen LogP contribution in [0, 0.1) is 5.82 Å². The molecule has 0 spiro atoms. The minimum atomic E-state index is -0.513. The fraction of sp³-hybridized carbons (Fsp3) is 0.100. The van der Waals surface area contributed by atoms with Crippen molar-refractivity contribution in [2.45, 2.75) is 6.54 Å². The van der Waals surface area contributed by atoms with Crippen LogP contribution in [0.5, 0.6) is 5.75 Å². The number of ether oxygens (including phenoxy) is 1. The van der Waals surface area contributed by atoms with E-state index in [1.54, 1.807) is 30.4 Å². The number of rotatable bonds is 6. The third-order valence-corrected chi connectivity index (χ3v) is 4.46. The minimum absolute atomic E-state index is 0.0698. The van der Waals surface area contributed by atoms with Crippen molar-refractivity contribution >= 4 is 33.9 Å². The summed E-state index contributed by atoms with van der Waals surface area (Å²) in [7, 11) is 0. The Morgan fingerprint density at radius 2 is 1.93 bits per heavy atom. The van der Waals surface area contributed by atoms with Gasteiger partial charge in [0.05, 0.1) is 11.0 Å². The second-order valence-corrected chi connectivity index (χ2v) is 6.65. The lowest BCUT2D eigenvalue weighted by atomic mass is 10.1. The smallest absolute Gasteiger partial charge is 0.329 e. The highest BCUT2D eigenvalue weighted by Gasteiger charge is 2.33. The number of amides is 3. The summed E-state index contributed by atoms with van der Waals surface area (Å²) in [6, 6.07) is 10.5. The molecule has 3 amide bonds.